The van der Waals surface area contributed by atoms with Crippen molar-refractivity contribution in [1.82, 2.24) is 19.9 Å². The van der Waals surface area contributed by atoms with Gasteiger partial charge in [-0.2, -0.15) is 0 Å². The predicted octanol–water partition coefficient (Wildman–Crippen LogP) is 5.20. The molecule has 0 bridgehead atoms. The number of aromatic nitrogens is 3. The fourth-order valence-corrected chi connectivity index (χ4v) is 4.38. The second-order valence-electron chi connectivity index (χ2n) is 7.95. The Morgan fingerprint density at radius 2 is 2.00 bits per heavy atom. The molecule has 31 heavy (non-hydrogen) atoms. The lowest BCUT2D eigenvalue weighted by Crippen LogP contribution is -2.48. The van der Waals surface area contributed by atoms with Crippen LogP contribution in [0, 0.1) is 11.7 Å². The molecule has 2 atom stereocenters. The SMILES string of the molecule is C[C@@H]1CCCN(C(=O)c2cc(F)ccc2-c2ncccn2)[C@@H]1CCc1ccc(Cl)cn1. The first-order chi connectivity index (χ1) is 15.0. The number of carbonyl (C=O) groups excluding carboxylic acids is 1. The number of benzene rings is 1. The van der Waals surface area contributed by atoms with Gasteiger partial charge in [-0.25, -0.2) is 14.4 Å². The summed E-state index contributed by atoms with van der Waals surface area (Å²) in [5.41, 5.74) is 1.79. The number of aryl methyl sites for hydroxylation is 1. The second kappa shape index (κ2) is 9.52. The van der Waals surface area contributed by atoms with Crippen LogP contribution in [0.15, 0.2) is 55.0 Å². The summed E-state index contributed by atoms with van der Waals surface area (Å²) >= 11 is 5.94. The highest BCUT2D eigenvalue weighted by molar-refractivity contribution is 6.30. The number of carbonyl (C=O) groups is 1. The van der Waals surface area contributed by atoms with E-state index in [-0.39, 0.29) is 11.9 Å². The Morgan fingerprint density at radius 3 is 2.74 bits per heavy atom. The van der Waals surface area contributed by atoms with Crippen molar-refractivity contribution in [2.24, 2.45) is 5.92 Å². The van der Waals surface area contributed by atoms with Crippen molar-refractivity contribution in [3.8, 4) is 11.4 Å². The van der Waals surface area contributed by atoms with Crippen molar-refractivity contribution in [1.29, 1.82) is 0 Å². The van der Waals surface area contributed by atoms with Crippen LogP contribution in [0.4, 0.5) is 4.39 Å². The average molecular weight is 439 g/mol. The zero-order valence-corrected chi connectivity index (χ0v) is 18.1. The second-order valence-corrected chi connectivity index (χ2v) is 8.39. The van der Waals surface area contributed by atoms with Crippen molar-refractivity contribution < 1.29 is 9.18 Å². The molecule has 5 nitrogen and oxygen atoms in total. The average Bonchev–Trinajstić information content (AvgIpc) is 2.79. The topological polar surface area (TPSA) is 59.0 Å². The molecular formula is C24H24ClFN4O. The Bertz CT molecular complexity index is 1050. The van der Waals surface area contributed by atoms with Crippen LogP contribution >= 0.6 is 11.6 Å². The third-order valence-electron chi connectivity index (χ3n) is 5.88. The Morgan fingerprint density at radius 1 is 1.19 bits per heavy atom. The number of pyridine rings is 1. The third kappa shape index (κ3) is 4.90. The molecular weight excluding hydrogens is 415 g/mol. The third-order valence-corrected chi connectivity index (χ3v) is 6.10. The van der Waals surface area contributed by atoms with E-state index < -0.39 is 5.82 Å². The van der Waals surface area contributed by atoms with Crippen LogP contribution in [0.25, 0.3) is 11.4 Å². The van der Waals surface area contributed by atoms with E-state index in [1.165, 1.54) is 12.1 Å². The lowest BCUT2D eigenvalue weighted by atomic mass is 9.86. The maximum absolute atomic E-state index is 14.1. The van der Waals surface area contributed by atoms with Gasteiger partial charge < -0.3 is 4.90 Å². The summed E-state index contributed by atoms with van der Waals surface area (Å²) in [6.07, 6.45) is 8.38. The van der Waals surface area contributed by atoms with E-state index in [0.29, 0.717) is 34.4 Å². The smallest absolute Gasteiger partial charge is 0.254 e. The molecule has 0 saturated carbocycles. The molecule has 0 unspecified atom stereocenters. The number of hydrogen-bond donors (Lipinski definition) is 0. The van der Waals surface area contributed by atoms with Crippen LogP contribution in [0.2, 0.25) is 5.02 Å². The summed E-state index contributed by atoms with van der Waals surface area (Å²) in [5, 5.41) is 0.605. The quantitative estimate of drug-likeness (QED) is 0.549. The summed E-state index contributed by atoms with van der Waals surface area (Å²) in [7, 11) is 0. The molecule has 0 N–H and O–H groups in total. The summed E-state index contributed by atoms with van der Waals surface area (Å²) in [5.74, 6) is 0.130. The molecule has 0 aliphatic carbocycles. The maximum Gasteiger partial charge on any atom is 0.254 e. The van der Waals surface area contributed by atoms with Gasteiger partial charge >= 0.3 is 0 Å². The fourth-order valence-electron chi connectivity index (χ4n) is 4.27. The van der Waals surface area contributed by atoms with Gasteiger partial charge in [0.25, 0.3) is 5.91 Å². The van der Waals surface area contributed by atoms with E-state index in [1.807, 2.05) is 17.0 Å². The first kappa shape index (κ1) is 21.4. The molecule has 160 valence electrons. The summed E-state index contributed by atoms with van der Waals surface area (Å²) in [4.78, 5) is 28.4. The molecule has 1 fully saturated rings. The van der Waals surface area contributed by atoms with E-state index in [1.54, 1.807) is 30.7 Å². The van der Waals surface area contributed by atoms with E-state index in [4.69, 9.17) is 11.6 Å². The van der Waals surface area contributed by atoms with E-state index in [2.05, 4.69) is 21.9 Å². The van der Waals surface area contributed by atoms with Gasteiger partial charge in [0.1, 0.15) is 5.82 Å². The van der Waals surface area contributed by atoms with Gasteiger partial charge in [-0.3, -0.25) is 9.78 Å². The Kier molecular flexibility index (Phi) is 6.56. The molecule has 1 aromatic carbocycles. The van der Waals surface area contributed by atoms with Gasteiger partial charge in [-0.15, -0.1) is 0 Å². The fraction of sp³-hybridized carbons (Fsp3) is 0.333. The lowest BCUT2D eigenvalue weighted by Gasteiger charge is -2.40. The summed E-state index contributed by atoms with van der Waals surface area (Å²) in [6.45, 7) is 2.82. The van der Waals surface area contributed by atoms with Gasteiger partial charge in [-0.05, 0) is 68.0 Å². The minimum Gasteiger partial charge on any atom is -0.335 e. The molecule has 2 aromatic heterocycles. The Balaban J connectivity index is 1.61. The van der Waals surface area contributed by atoms with Crippen molar-refractivity contribution in [2.45, 2.75) is 38.6 Å². The minimum atomic E-state index is -0.449. The monoisotopic (exact) mass is 438 g/mol. The van der Waals surface area contributed by atoms with Crippen molar-refractivity contribution >= 4 is 17.5 Å². The number of likely N-dealkylation sites (tertiary alicyclic amines) is 1. The number of rotatable bonds is 5. The molecule has 3 heterocycles. The molecule has 7 heteroatoms. The molecule has 1 saturated heterocycles. The Labute approximate surface area is 186 Å². The maximum atomic E-state index is 14.1. The first-order valence-corrected chi connectivity index (χ1v) is 10.9. The number of hydrogen-bond acceptors (Lipinski definition) is 4. The highest BCUT2D eigenvalue weighted by Crippen LogP contribution is 2.30. The minimum absolute atomic E-state index is 0.0477. The van der Waals surface area contributed by atoms with Crippen molar-refractivity contribution in [3.63, 3.8) is 0 Å². The highest BCUT2D eigenvalue weighted by atomic mass is 35.5. The van der Waals surface area contributed by atoms with E-state index in [9.17, 15) is 9.18 Å². The van der Waals surface area contributed by atoms with Crippen LogP contribution in [-0.2, 0) is 6.42 Å². The zero-order valence-electron chi connectivity index (χ0n) is 17.3. The number of piperidine rings is 1. The van der Waals surface area contributed by atoms with Crippen LogP contribution in [0.5, 0.6) is 0 Å². The lowest BCUT2D eigenvalue weighted by molar-refractivity contribution is 0.0499. The number of nitrogens with zero attached hydrogens (tertiary/aromatic N) is 4. The molecule has 0 spiro atoms. The Hall–Kier alpha value is -2.86. The predicted molar refractivity (Wildman–Crippen MR) is 118 cm³/mol. The van der Waals surface area contributed by atoms with Crippen LogP contribution in [0.3, 0.4) is 0 Å². The van der Waals surface area contributed by atoms with Crippen LogP contribution in [0.1, 0.15) is 42.2 Å². The van der Waals surface area contributed by atoms with Gasteiger partial charge in [0, 0.05) is 42.4 Å². The molecule has 1 aliphatic heterocycles. The molecule has 0 radical (unpaired) electrons. The zero-order chi connectivity index (χ0) is 21.8. The first-order valence-electron chi connectivity index (χ1n) is 10.5. The standard InChI is InChI=1S/C24H24ClFN4O/c1-16-4-2-13-30(22(16)10-8-19-7-5-17(25)15-29-19)24(31)21-14-18(26)6-9-20(21)23-27-11-3-12-28-23/h3,5-7,9,11-12,14-16,22H,2,4,8,10,13H2,1H3/t16-,22-/m1/s1. The number of halogens is 2. The summed E-state index contributed by atoms with van der Waals surface area (Å²) < 4.78 is 14.1. The highest BCUT2D eigenvalue weighted by Gasteiger charge is 2.33. The van der Waals surface area contributed by atoms with Gasteiger partial charge in [0.2, 0.25) is 0 Å². The molecule has 1 amide bonds. The van der Waals surface area contributed by atoms with E-state index in [0.717, 1.165) is 31.4 Å². The summed E-state index contributed by atoms with van der Waals surface area (Å²) in [6, 6.07) is 9.72. The normalized spacial score (nSPS) is 18.7. The largest absolute Gasteiger partial charge is 0.335 e. The number of amides is 1. The molecule has 4 rings (SSSR count). The van der Waals surface area contributed by atoms with Gasteiger partial charge in [-0.1, -0.05) is 18.5 Å². The van der Waals surface area contributed by atoms with Crippen LogP contribution in [-0.4, -0.2) is 38.3 Å². The van der Waals surface area contributed by atoms with Crippen molar-refractivity contribution in [3.05, 3.63) is 77.1 Å². The molecule has 3 aromatic rings. The van der Waals surface area contributed by atoms with Crippen molar-refractivity contribution in [2.75, 3.05) is 6.54 Å². The van der Waals surface area contributed by atoms with Gasteiger partial charge in [0.05, 0.1) is 10.6 Å². The van der Waals surface area contributed by atoms with Crippen LogP contribution < -0.4 is 0 Å². The van der Waals surface area contributed by atoms with Gasteiger partial charge in [0.15, 0.2) is 5.82 Å². The van der Waals surface area contributed by atoms with E-state index >= 15 is 0 Å². The molecule has 1 aliphatic rings.